The standard InChI is InChI=1S/C21H20N4O3S/c1-14(18-22-16-10-6-7-11-17(16)29-18)23(2)13-25-20(27)19(26)24(21(25)28)12-15-8-4-3-5-9-15/h3-11,14H,12-13H2,1-2H3/t14-/m0/s1. The van der Waals surface area contributed by atoms with Gasteiger partial charge in [-0.25, -0.2) is 14.7 Å². The van der Waals surface area contributed by atoms with Crippen LogP contribution in [-0.4, -0.2) is 51.2 Å². The van der Waals surface area contributed by atoms with E-state index >= 15 is 0 Å². The molecule has 2 aromatic carbocycles. The Bertz CT molecular complexity index is 1050. The SMILES string of the molecule is C[C@@H](c1nc2ccccc2s1)N(C)CN1C(=O)C(=O)N(Cc2ccccc2)C1=O. The lowest BCUT2D eigenvalue weighted by Gasteiger charge is -2.26. The molecule has 0 unspecified atom stereocenters. The summed E-state index contributed by atoms with van der Waals surface area (Å²) < 4.78 is 1.08. The zero-order chi connectivity index (χ0) is 20.5. The highest BCUT2D eigenvalue weighted by atomic mass is 32.1. The molecule has 7 nitrogen and oxygen atoms in total. The Labute approximate surface area is 172 Å². The third kappa shape index (κ3) is 3.64. The first-order valence-electron chi connectivity index (χ1n) is 9.22. The van der Waals surface area contributed by atoms with Crippen LogP contribution < -0.4 is 0 Å². The van der Waals surface area contributed by atoms with E-state index in [0.29, 0.717) is 0 Å². The van der Waals surface area contributed by atoms with E-state index in [1.165, 1.54) is 0 Å². The predicted molar refractivity (Wildman–Crippen MR) is 110 cm³/mol. The number of benzene rings is 2. The summed E-state index contributed by atoms with van der Waals surface area (Å²) in [5.74, 6) is -1.59. The van der Waals surface area contributed by atoms with Crippen LogP contribution in [0, 0.1) is 0 Å². The zero-order valence-corrected chi connectivity index (χ0v) is 16.9. The van der Waals surface area contributed by atoms with Gasteiger partial charge in [0.05, 0.1) is 29.5 Å². The molecule has 1 aromatic heterocycles. The molecule has 148 valence electrons. The van der Waals surface area contributed by atoms with E-state index in [-0.39, 0.29) is 19.3 Å². The summed E-state index contributed by atoms with van der Waals surface area (Å²) >= 11 is 1.58. The predicted octanol–water partition coefficient (Wildman–Crippen LogP) is 3.24. The maximum atomic E-state index is 12.7. The first kappa shape index (κ1) is 19.2. The second-order valence-electron chi connectivity index (χ2n) is 6.99. The number of aromatic nitrogens is 1. The molecule has 0 aliphatic carbocycles. The van der Waals surface area contributed by atoms with Crippen molar-refractivity contribution in [2.45, 2.75) is 19.5 Å². The van der Waals surface area contributed by atoms with Gasteiger partial charge >= 0.3 is 17.8 Å². The number of carbonyl (C=O) groups is 3. The van der Waals surface area contributed by atoms with Crippen LogP contribution in [-0.2, 0) is 16.1 Å². The molecule has 0 radical (unpaired) electrons. The molecular weight excluding hydrogens is 388 g/mol. The number of imide groups is 2. The summed E-state index contributed by atoms with van der Waals surface area (Å²) in [5, 5.41) is 0.889. The Hall–Kier alpha value is -3.10. The molecule has 8 heteroatoms. The van der Waals surface area contributed by atoms with Crippen molar-refractivity contribution in [3.8, 4) is 0 Å². The highest BCUT2D eigenvalue weighted by Crippen LogP contribution is 2.29. The average molecular weight is 408 g/mol. The third-order valence-electron chi connectivity index (χ3n) is 5.01. The molecule has 1 aliphatic heterocycles. The minimum Gasteiger partial charge on any atom is -0.279 e. The molecule has 4 rings (SSSR count). The summed E-state index contributed by atoms with van der Waals surface area (Å²) in [6.45, 7) is 2.07. The van der Waals surface area contributed by atoms with E-state index in [4.69, 9.17) is 0 Å². The van der Waals surface area contributed by atoms with Gasteiger partial charge in [0.2, 0.25) is 0 Å². The Morgan fingerprint density at radius 1 is 0.966 bits per heavy atom. The fraction of sp³-hybridized carbons (Fsp3) is 0.238. The first-order chi connectivity index (χ1) is 14.0. The van der Waals surface area contributed by atoms with Gasteiger partial charge in [0.1, 0.15) is 5.01 Å². The maximum absolute atomic E-state index is 12.7. The Morgan fingerprint density at radius 2 is 1.62 bits per heavy atom. The van der Waals surface area contributed by atoms with E-state index in [9.17, 15) is 14.4 Å². The van der Waals surface area contributed by atoms with Crippen molar-refractivity contribution in [1.29, 1.82) is 0 Å². The number of nitrogens with zero attached hydrogens (tertiary/aromatic N) is 4. The van der Waals surface area contributed by atoms with Gasteiger partial charge in [-0.15, -0.1) is 11.3 Å². The molecule has 1 saturated heterocycles. The Kier molecular flexibility index (Phi) is 5.12. The van der Waals surface area contributed by atoms with Gasteiger partial charge in [-0.2, -0.15) is 0 Å². The second-order valence-corrected chi connectivity index (χ2v) is 8.05. The van der Waals surface area contributed by atoms with Gasteiger partial charge in [-0.3, -0.25) is 19.4 Å². The van der Waals surface area contributed by atoms with Crippen molar-refractivity contribution in [2.24, 2.45) is 0 Å². The van der Waals surface area contributed by atoms with Crippen LogP contribution in [0.2, 0.25) is 0 Å². The molecule has 0 bridgehead atoms. The monoisotopic (exact) mass is 408 g/mol. The molecule has 2 heterocycles. The highest BCUT2D eigenvalue weighted by Gasteiger charge is 2.45. The Morgan fingerprint density at radius 3 is 2.34 bits per heavy atom. The van der Waals surface area contributed by atoms with E-state index in [2.05, 4.69) is 4.98 Å². The number of thiazole rings is 1. The van der Waals surface area contributed by atoms with Crippen molar-refractivity contribution >= 4 is 39.4 Å². The summed E-state index contributed by atoms with van der Waals surface area (Å²) in [4.78, 5) is 46.0. The lowest BCUT2D eigenvalue weighted by molar-refractivity contribution is -0.144. The summed E-state index contributed by atoms with van der Waals surface area (Å²) in [5.41, 5.74) is 1.71. The largest absolute Gasteiger partial charge is 0.335 e. The smallest absolute Gasteiger partial charge is 0.279 e. The van der Waals surface area contributed by atoms with Crippen LogP contribution in [0.5, 0.6) is 0 Å². The van der Waals surface area contributed by atoms with Gasteiger partial charge in [0.25, 0.3) is 0 Å². The van der Waals surface area contributed by atoms with Gasteiger partial charge in [-0.05, 0) is 31.7 Å². The van der Waals surface area contributed by atoms with E-state index in [0.717, 1.165) is 30.6 Å². The lowest BCUT2D eigenvalue weighted by atomic mass is 10.2. The van der Waals surface area contributed by atoms with E-state index in [1.54, 1.807) is 11.3 Å². The minimum atomic E-state index is -0.797. The van der Waals surface area contributed by atoms with Crippen LogP contribution in [0.3, 0.4) is 0 Å². The van der Waals surface area contributed by atoms with E-state index < -0.39 is 17.8 Å². The minimum absolute atomic E-state index is 0.0196. The number of para-hydroxylation sites is 1. The average Bonchev–Trinajstić information content (AvgIpc) is 3.25. The summed E-state index contributed by atoms with van der Waals surface area (Å²) in [7, 11) is 1.81. The molecule has 1 fully saturated rings. The maximum Gasteiger partial charge on any atom is 0.335 e. The van der Waals surface area contributed by atoms with Gasteiger partial charge in [0.15, 0.2) is 0 Å². The van der Waals surface area contributed by atoms with Crippen molar-refractivity contribution in [1.82, 2.24) is 19.7 Å². The zero-order valence-electron chi connectivity index (χ0n) is 16.1. The fourth-order valence-corrected chi connectivity index (χ4v) is 4.27. The number of hydrogen-bond donors (Lipinski definition) is 0. The molecule has 29 heavy (non-hydrogen) atoms. The van der Waals surface area contributed by atoms with Crippen molar-refractivity contribution in [2.75, 3.05) is 13.7 Å². The van der Waals surface area contributed by atoms with Gasteiger partial charge in [0, 0.05) is 0 Å². The number of amides is 4. The molecule has 1 atom stereocenters. The van der Waals surface area contributed by atoms with Crippen molar-refractivity contribution in [3.63, 3.8) is 0 Å². The Balaban J connectivity index is 1.48. The molecule has 0 N–H and O–H groups in total. The van der Waals surface area contributed by atoms with Crippen LogP contribution in [0.1, 0.15) is 23.5 Å². The molecule has 3 aromatic rings. The fourth-order valence-electron chi connectivity index (χ4n) is 3.18. The molecular formula is C21H20N4O3S. The number of fused-ring (bicyclic) bond motifs is 1. The molecule has 1 aliphatic rings. The quantitative estimate of drug-likeness (QED) is 0.462. The van der Waals surface area contributed by atoms with Crippen molar-refractivity contribution in [3.05, 3.63) is 65.2 Å². The topological polar surface area (TPSA) is 73.8 Å². The van der Waals surface area contributed by atoms with E-state index in [1.807, 2.05) is 73.5 Å². The molecule has 0 spiro atoms. The first-order valence-corrected chi connectivity index (χ1v) is 10.0. The van der Waals surface area contributed by atoms with Crippen LogP contribution >= 0.6 is 11.3 Å². The van der Waals surface area contributed by atoms with Gasteiger partial charge in [-0.1, -0.05) is 42.5 Å². The van der Waals surface area contributed by atoms with Gasteiger partial charge < -0.3 is 0 Å². The number of urea groups is 1. The second kappa shape index (κ2) is 7.73. The summed E-state index contributed by atoms with van der Waals surface area (Å²) in [6, 6.07) is 16.3. The normalized spacial score (nSPS) is 15.8. The summed E-state index contributed by atoms with van der Waals surface area (Å²) in [6.07, 6.45) is 0. The van der Waals surface area contributed by atoms with Crippen LogP contribution in [0.15, 0.2) is 54.6 Å². The number of carbonyl (C=O) groups excluding carboxylic acids is 3. The third-order valence-corrected chi connectivity index (χ3v) is 6.22. The number of rotatable bonds is 6. The van der Waals surface area contributed by atoms with Crippen LogP contribution in [0.25, 0.3) is 10.2 Å². The number of hydrogen-bond acceptors (Lipinski definition) is 6. The highest BCUT2D eigenvalue weighted by molar-refractivity contribution is 7.18. The van der Waals surface area contributed by atoms with Crippen LogP contribution in [0.4, 0.5) is 4.79 Å². The van der Waals surface area contributed by atoms with Crippen molar-refractivity contribution < 1.29 is 14.4 Å². The molecule has 4 amide bonds. The lowest BCUT2D eigenvalue weighted by Crippen LogP contribution is -2.41. The molecule has 0 saturated carbocycles.